The number of hydrogen-bond donors (Lipinski definition) is 2. The molecule has 5 nitrogen and oxygen atoms in total. The van der Waals surface area contributed by atoms with Gasteiger partial charge in [-0.1, -0.05) is 0 Å². The first-order valence-corrected chi connectivity index (χ1v) is 2.65. The SMILES string of the molecule is N=CN(N)c1cnccn1. The highest BCUT2D eigenvalue weighted by atomic mass is 15.4. The fourth-order valence-corrected chi connectivity index (χ4v) is 0.491. The molecular formula is C5H7N5. The van der Waals surface area contributed by atoms with Gasteiger partial charge in [-0.2, -0.15) is 0 Å². The normalized spacial score (nSPS) is 8.90. The van der Waals surface area contributed by atoms with E-state index >= 15 is 0 Å². The molecule has 1 heterocycles. The van der Waals surface area contributed by atoms with Crippen LogP contribution >= 0.6 is 0 Å². The molecule has 52 valence electrons. The van der Waals surface area contributed by atoms with Crippen LogP contribution in [0.2, 0.25) is 0 Å². The first-order chi connectivity index (χ1) is 4.84. The summed E-state index contributed by atoms with van der Waals surface area (Å²) in [5, 5.41) is 7.83. The molecule has 0 atom stereocenters. The Hall–Kier alpha value is -1.49. The molecule has 0 spiro atoms. The third kappa shape index (κ3) is 1.26. The largest absolute Gasteiger partial charge is 0.290 e. The lowest BCUT2D eigenvalue weighted by atomic mass is 10.6. The Kier molecular flexibility index (Phi) is 1.91. The molecule has 0 radical (unpaired) electrons. The van der Waals surface area contributed by atoms with Gasteiger partial charge in [-0.05, 0) is 0 Å². The van der Waals surface area contributed by atoms with Crippen LogP contribution in [0.3, 0.4) is 0 Å². The molecule has 0 aliphatic heterocycles. The number of aromatic nitrogens is 2. The Morgan fingerprint density at radius 1 is 1.60 bits per heavy atom. The number of nitrogens with zero attached hydrogens (tertiary/aromatic N) is 3. The fraction of sp³-hybridized carbons (Fsp3) is 0. The summed E-state index contributed by atoms with van der Waals surface area (Å²) in [5.41, 5.74) is 0. The second-order valence-corrected chi connectivity index (χ2v) is 1.60. The fourth-order valence-electron chi connectivity index (χ4n) is 0.491. The van der Waals surface area contributed by atoms with Crippen LogP contribution in [0.4, 0.5) is 5.82 Å². The van der Waals surface area contributed by atoms with E-state index in [1.165, 1.54) is 12.4 Å². The van der Waals surface area contributed by atoms with Gasteiger partial charge in [0.25, 0.3) is 0 Å². The summed E-state index contributed by atoms with van der Waals surface area (Å²) in [7, 11) is 0. The average molecular weight is 137 g/mol. The molecule has 0 saturated carbocycles. The molecule has 0 aliphatic carbocycles. The highest BCUT2D eigenvalue weighted by Gasteiger charge is 1.95. The van der Waals surface area contributed by atoms with Gasteiger partial charge < -0.3 is 0 Å². The van der Waals surface area contributed by atoms with E-state index in [9.17, 15) is 0 Å². The first-order valence-electron chi connectivity index (χ1n) is 2.65. The summed E-state index contributed by atoms with van der Waals surface area (Å²) in [4.78, 5) is 7.60. The lowest BCUT2D eigenvalue weighted by Crippen LogP contribution is -2.29. The Labute approximate surface area is 58.0 Å². The van der Waals surface area contributed by atoms with E-state index in [1.807, 2.05) is 0 Å². The molecule has 0 aliphatic rings. The molecule has 5 heteroatoms. The van der Waals surface area contributed by atoms with Crippen LogP contribution in [0, 0.1) is 5.41 Å². The zero-order valence-electron chi connectivity index (χ0n) is 5.23. The molecule has 1 aromatic rings. The zero-order chi connectivity index (χ0) is 7.40. The quantitative estimate of drug-likeness (QED) is 0.255. The molecule has 3 N–H and O–H groups in total. The van der Waals surface area contributed by atoms with Crippen molar-refractivity contribution in [3.63, 3.8) is 0 Å². The molecule has 0 fully saturated rings. The number of hydrazine groups is 1. The van der Waals surface area contributed by atoms with Gasteiger partial charge in [0.15, 0.2) is 5.82 Å². The first kappa shape index (κ1) is 6.63. The molecule has 1 aromatic heterocycles. The van der Waals surface area contributed by atoms with Gasteiger partial charge in [0.1, 0.15) is 6.34 Å². The highest BCUT2D eigenvalue weighted by Crippen LogP contribution is 1.98. The van der Waals surface area contributed by atoms with Crippen molar-refractivity contribution < 1.29 is 0 Å². The number of rotatable bonds is 2. The smallest absolute Gasteiger partial charge is 0.166 e. The van der Waals surface area contributed by atoms with Crippen LogP contribution in [0.5, 0.6) is 0 Å². The third-order valence-electron chi connectivity index (χ3n) is 0.953. The number of hydrogen-bond acceptors (Lipinski definition) is 4. The third-order valence-corrected chi connectivity index (χ3v) is 0.953. The second-order valence-electron chi connectivity index (χ2n) is 1.60. The molecule has 0 saturated heterocycles. The maximum atomic E-state index is 6.75. The van der Waals surface area contributed by atoms with E-state index in [-0.39, 0.29) is 0 Å². The van der Waals surface area contributed by atoms with Crippen molar-refractivity contribution in [2.75, 3.05) is 5.01 Å². The van der Waals surface area contributed by atoms with E-state index in [0.717, 1.165) is 11.3 Å². The summed E-state index contributed by atoms with van der Waals surface area (Å²) < 4.78 is 0. The van der Waals surface area contributed by atoms with Gasteiger partial charge in [0, 0.05) is 12.4 Å². The van der Waals surface area contributed by atoms with E-state index in [4.69, 9.17) is 11.3 Å². The van der Waals surface area contributed by atoms with Crippen LogP contribution in [0.1, 0.15) is 0 Å². The van der Waals surface area contributed by atoms with Crippen LogP contribution in [0.15, 0.2) is 18.6 Å². The lowest BCUT2D eigenvalue weighted by Gasteiger charge is -2.07. The molecule has 0 unspecified atom stereocenters. The molecule has 10 heavy (non-hydrogen) atoms. The Morgan fingerprint density at radius 3 is 2.90 bits per heavy atom. The molecule has 1 rings (SSSR count). The van der Waals surface area contributed by atoms with Gasteiger partial charge in [-0.3, -0.25) is 15.4 Å². The summed E-state index contributed by atoms with van der Waals surface area (Å²) >= 11 is 0. The topological polar surface area (TPSA) is 78.9 Å². The van der Waals surface area contributed by atoms with Gasteiger partial charge in [0.05, 0.1) is 6.20 Å². The van der Waals surface area contributed by atoms with Crippen molar-refractivity contribution >= 4 is 12.2 Å². The van der Waals surface area contributed by atoms with Gasteiger partial charge >= 0.3 is 0 Å². The average Bonchev–Trinajstić information content (AvgIpc) is 2.05. The monoisotopic (exact) mass is 137 g/mol. The summed E-state index contributed by atoms with van der Waals surface area (Å²) in [6.07, 6.45) is 5.50. The molecular weight excluding hydrogens is 130 g/mol. The predicted octanol–water partition coefficient (Wildman–Crippen LogP) is -0.236. The van der Waals surface area contributed by atoms with E-state index < -0.39 is 0 Å². The van der Waals surface area contributed by atoms with Crippen LogP contribution in [-0.2, 0) is 0 Å². The van der Waals surface area contributed by atoms with Crippen LogP contribution in [0.25, 0.3) is 0 Å². The van der Waals surface area contributed by atoms with Crippen molar-refractivity contribution in [2.24, 2.45) is 5.84 Å². The van der Waals surface area contributed by atoms with Crippen molar-refractivity contribution in [1.29, 1.82) is 5.41 Å². The van der Waals surface area contributed by atoms with Crippen molar-refractivity contribution in [3.8, 4) is 0 Å². The zero-order valence-corrected chi connectivity index (χ0v) is 5.23. The summed E-state index contributed by atoms with van der Waals surface area (Å²) in [6.45, 7) is 0. The maximum absolute atomic E-state index is 6.75. The Morgan fingerprint density at radius 2 is 2.40 bits per heavy atom. The van der Waals surface area contributed by atoms with Crippen LogP contribution in [-0.4, -0.2) is 16.3 Å². The standard InChI is InChI=1S/C5H7N5/c6-4-10(7)5-3-8-1-2-9-5/h1-4,6H,7H2. The van der Waals surface area contributed by atoms with Crippen molar-refractivity contribution in [1.82, 2.24) is 9.97 Å². The van der Waals surface area contributed by atoms with Crippen LogP contribution < -0.4 is 10.9 Å². The van der Waals surface area contributed by atoms with Gasteiger partial charge in [-0.25, -0.2) is 10.8 Å². The van der Waals surface area contributed by atoms with E-state index in [0.29, 0.717) is 5.82 Å². The minimum Gasteiger partial charge on any atom is -0.290 e. The minimum atomic E-state index is 0.456. The summed E-state index contributed by atoms with van der Waals surface area (Å²) in [6, 6.07) is 0. The van der Waals surface area contributed by atoms with Crippen molar-refractivity contribution in [2.45, 2.75) is 0 Å². The predicted molar refractivity (Wildman–Crippen MR) is 37.5 cm³/mol. The summed E-state index contributed by atoms with van der Waals surface area (Å²) in [5.74, 6) is 5.74. The number of nitrogens with two attached hydrogens (primary N) is 1. The number of anilines is 1. The number of nitrogens with one attached hydrogen (secondary N) is 1. The van der Waals surface area contributed by atoms with E-state index in [2.05, 4.69) is 9.97 Å². The maximum Gasteiger partial charge on any atom is 0.166 e. The Bertz CT molecular complexity index is 209. The Balaban J connectivity index is 2.84. The highest BCUT2D eigenvalue weighted by molar-refractivity contribution is 5.72. The van der Waals surface area contributed by atoms with Crippen molar-refractivity contribution in [3.05, 3.63) is 18.6 Å². The van der Waals surface area contributed by atoms with Gasteiger partial charge in [0.2, 0.25) is 0 Å². The van der Waals surface area contributed by atoms with E-state index in [1.54, 1.807) is 6.20 Å². The molecule has 0 bridgehead atoms. The van der Waals surface area contributed by atoms with Gasteiger partial charge in [-0.15, -0.1) is 0 Å². The lowest BCUT2D eigenvalue weighted by molar-refractivity contribution is 1.05. The molecule has 0 aromatic carbocycles. The minimum absolute atomic E-state index is 0.456. The second kappa shape index (κ2) is 2.88. The molecule has 0 amide bonds.